The summed E-state index contributed by atoms with van der Waals surface area (Å²) in [7, 11) is 0. The molecule has 0 aliphatic carbocycles. The molecule has 0 unspecified atom stereocenters. The molecule has 1 N–H and O–H groups in total. The maximum atomic E-state index is 13.1. The van der Waals surface area contributed by atoms with E-state index in [1.807, 2.05) is 6.07 Å². The van der Waals surface area contributed by atoms with Crippen molar-refractivity contribution in [3.05, 3.63) is 88.1 Å². The van der Waals surface area contributed by atoms with Crippen LogP contribution in [0.4, 0.5) is 18.0 Å². The zero-order valence-corrected chi connectivity index (χ0v) is 20.7. The summed E-state index contributed by atoms with van der Waals surface area (Å²) in [5.74, 6) is -1.64. The molecule has 1 atom stereocenters. The molecule has 0 spiro atoms. The first kappa shape index (κ1) is 26.5. The Morgan fingerprint density at radius 1 is 1.14 bits per heavy atom. The van der Waals surface area contributed by atoms with Crippen molar-refractivity contribution >= 4 is 40.5 Å². The van der Waals surface area contributed by atoms with Gasteiger partial charge in [0.1, 0.15) is 17.4 Å². The minimum atomic E-state index is -4.60. The van der Waals surface area contributed by atoms with Crippen LogP contribution in [0.15, 0.2) is 60.8 Å². The van der Waals surface area contributed by atoms with Gasteiger partial charge < -0.3 is 9.47 Å². The van der Waals surface area contributed by atoms with Gasteiger partial charge in [0.05, 0.1) is 5.56 Å². The van der Waals surface area contributed by atoms with E-state index in [1.54, 1.807) is 43.3 Å². The van der Waals surface area contributed by atoms with E-state index in [2.05, 4.69) is 10.3 Å². The number of nitrogens with zero attached hydrogens (tertiary/aromatic N) is 1. The molecule has 1 fully saturated rings. The van der Waals surface area contributed by atoms with E-state index in [1.165, 1.54) is 6.07 Å². The predicted molar refractivity (Wildman–Crippen MR) is 129 cm³/mol. The first-order valence-electron chi connectivity index (χ1n) is 10.7. The molecule has 4 rings (SSSR count). The molecule has 2 aromatic carbocycles. The van der Waals surface area contributed by atoms with E-state index in [-0.39, 0.29) is 29.7 Å². The lowest BCUT2D eigenvalue weighted by molar-refractivity contribution is -0.150. The van der Waals surface area contributed by atoms with Crippen molar-refractivity contribution in [2.75, 3.05) is 0 Å². The fourth-order valence-corrected chi connectivity index (χ4v) is 4.73. The molecule has 0 bridgehead atoms. The first-order valence-corrected chi connectivity index (χ1v) is 11.9. The van der Waals surface area contributed by atoms with Crippen LogP contribution in [-0.2, 0) is 33.5 Å². The third kappa shape index (κ3) is 5.89. The molecule has 12 heteroatoms. The molecule has 1 aliphatic heterocycles. The number of esters is 1. The lowest BCUT2D eigenvalue weighted by Gasteiger charge is -2.23. The van der Waals surface area contributed by atoms with Gasteiger partial charge in [-0.05, 0) is 53.6 Å². The topological polar surface area (TPSA) is 94.6 Å². The number of amides is 2. The van der Waals surface area contributed by atoms with Crippen LogP contribution in [0, 0.1) is 6.92 Å². The number of imide groups is 1. The second-order valence-corrected chi connectivity index (χ2v) is 9.79. The minimum absolute atomic E-state index is 0.0733. The van der Waals surface area contributed by atoms with E-state index in [9.17, 15) is 27.6 Å². The summed E-state index contributed by atoms with van der Waals surface area (Å²) in [5.41, 5.74) is 0.841. The summed E-state index contributed by atoms with van der Waals surface area (Å²) in [6.45, 7) is 1.61. The van der Waals surface area contributed by atoms with Crippen molar-refractivity contribution in [2.45, 2.75) is 30.9 Å². The second kappa shape index (κ2) is 10.4. The molecule has 0 radical (unpaired) electrons. The number of aryl methyl sites for hydroxylation is 1. The normalized spacial score (nSPS) is 17.4. The lowest BCUT2D eigenvalue weighted by Crippen LogP contribution is -2.47. The molecule has 2 amide bonds. The van der Waals surface area contributed by atoms with Gasteiger partial charge in [0, 0.05) is 12.6 Å². The molecule has 7 nitrogen and oxygen atoms in total. The van der Waals surface area contributed by atoms with Crippen LogP contribution in [0.1, 0.15) is 22.3 Å². The SMILES string of the molecule is Cc1cc(Oc2ncc(C(F)(F)F)cc2Cl)ccc1C[C@@]1(C(=O)OCc2ccccc2)SC(=O)NC1=O. The summed E-state index contributed by atoms with van der Waals surface area (Å²) in [4.78, 5) is 41.5. The molecule has 2 heterocycles. The van der Waals surface area contributed by atoms with Gasteiger partial charge in [0.2, 0.25) is 10.6 Å². The van der Waals surface area contributed by atoms with Crippen LogP contribution < -0.4 is 10.1 Å². The van der Waals surface area contributed by atoms with Gasteiger partial charge in [-0.25, -0.2) is 9.78 Å². The summed E-state index contributed by atoms with van der Waals surface area (Å²) < 4.78 is 47.6. The van der Waals surface area contributed by atoms with Gasteiger partial charge in [-0.15, -0.1) is 0 Å². The van der Waals surface area contributed by atoms with Gasteiger partial charge in [0.15, 0.2) is 0 Å². The highest BCUT2D eigenvalue weighted by Crippen LogP contribution is 2.39. The molecule has 1 saturated heterocycles. The number of alkyl halides is 3. The number of hydrogen-bond donors (Lipinski definition) is 1. The minimum Gasteiger partial charge on any atom is -0.459 e. The fraction of sp³-hybridized carbons (Fsp3) is 0.200. The van der Waals surface area contributed by atoms with Gasteiger partial charge in [-0.2, -0.15) is 13.2 Å². The largest absolute Gasteiger partial charge is 0.459 e. The average molecular weight is 551 g/mol. The Labute approximate surface area is 218 Å². The van der Waals surface area contributed by atoms with Gasteiger partial charge in [0.25, 0.3) is 11.1 Å². The van der Waals surface area contributed by atoms with Crippen molar-refractivity contribution < 1.29 is 37.0 Å². The van der Waals surface area contributed by atoms with Crippen LogP contribution in [-0.4, -0.2) is 26.8 Å². The number of halogens is 4. The smallest absolute Gasteiger partial charge is 0.417 e. The van der Waals surface area contributed by atoms with Crippen LogP contribution in [0.5, 0.6) is 11.6 Å². The van der Waals surface area contributed by atoms with Crippen LogP contribution in [0.2, 0.25) is 5.02 Å². The van der Waals surface area contributed by atoms with Gasteiger partial charge in [-0.1, -0.05) is 48.0 Å². The Bertz CT molecular complexity index is 1370. The van der Waals surface area contributed by atoms with Crippen LogP contribution >= 0.6 is 23.4 Å². The van der Waals surface area contributed by atoms with E-state index < -0.39 is 33.6 Å². The Balaban J connectivity index is 1.53. The quantitative estimate of drug-likeness (QED) is 0.291. The Morgan fingerprint density at radius 3 is 2.46 bits per heavy atom. The number of benzene rings is 2. The Morgan fingerprint density at radius 2 is 1.86 bits per heavy atom. The molecule has 192 valence electrons. The van der Waals surface area contributed by atoms with Crippen molar-refractivity contribution in [1.82, 2.24) is 10.3 Å². The number of hydrogen-bond acceptors (Lipinski definition) is 7. The number of aromatic nitrogens is 1. The molecule has 1 aromatic heterocycles. The monoisotopic (exact) mass is 550 g/mol. The summed E-state index contributed by atoms with van der Waals surface area (Å²) in [6.07, 6.45) is -4.13. The third-order valence-corrected chi connectivity index (χ3v) is 6.90. The third-order valence-electron chi connectivity index (χ3n) is 5.49. The number of nitrogens with one attached hydrogen (secondary N) is 1. The summed E-state index contributed by atoms with van der Waals surface area (Å²) in [6, 6.07) is 14.2. The highest BCUT2D eigenvalue weighted by Gasteiger charge is 2.55. The fourth-order valence-electron chi connectivity index (χ4n) is 3.55. The zero-order chi connectivity index (χ0) is 26.8. The van der Waals surface area contributed by atoms with Crippen LogP contribution in [0.25, 0.3) is 0 Å². The number of thioether (sulfide) groups is 1. The number of carbonyl (C=O) groups excluding carboxylic acids is 3. The Kier molecular flexibility index (Phi) is 7.47. The zero-order valence-electron chi connectivity index (χ0n) is 19.1. The first-order chi connectivity index (χ1) is 17.5. The Hall–Kier alpha value is -3.57. The van der Waals surface area contributed by atoms with Gasteiger partial charge in [-0.3, -0.25) is 14.9 Å². The number of pyridine rings is 1. The second-order valence-electron chi connectivity index (χ2n) is 8.11. The lowest BCUT2D eigenvalue weighted by atomic mass is 9.94. The van der Waals surface area contributed by atoms with Crippen LogP contribution in [0.3, 0.4) is 0 Å². The molecular weight excluding hydrogens is 533 g/mol. The molecule has 1 aliphatic rings. The van der Waals surface area contributed by atoms with E-state index in [0.717, 1.165) is 0 Å². The maximum Gasteiger partial charge on any atom is 0.417 e. The maximum absolute atomic E-state index is 13.1. The van der Waals surface area contributed by atoms with Crippen molar-refractivity contribution in [3.63, 3.8) is 0 Å². The standard InChI is InChI=1S/C25H18ClF3N2O5S/c1-14-9-18(36-20-19(26)10-17(12-30-20)25(27,28)29)8-7-16(14)11-24(21(32)31-23(34)37-24)22(33)35-13-15-5-3-2-4-6-15/h2-10,12H,11,13H2,1H3,(H,31,32,34)/t24-/m1/s1. The number of carbonyl (C=O) groups is 3. The molecular formula is C25H18ClF3N2O5S. The van der Waals surface area contributed by atoms with Gasteiger partial charge >= 0.3 is 12.1 Å². The summed E-state index contributed by atoms with van der Waals surface area (Å²) in [5, 5.41) is 1.16. The molecule has 0 saturated carbocycles. The average Bonchev–Trinajstić information content (AvgIpc) is 3.14. The predicted octanol–water partition coefficient (Wildman–Crippen LogP) is 5.86. The summed E-state index contributed by atoms with van der Waals surface area (Å²) >= 11 is 6.46. The van der Waals surface area contributed by atoms with E-state index >= 15 is 0 Å². The molecule has 3 aromatic rings. The number of ether oxygens (including phenoxy) is 2. The highest BCUT2D eigenvalue weighted by atomic mass is 35.5. The van der Waals surface area contributed by atoms with E-state index in [0.29, 0.717) is 40.7 Å². The van der Waals surface area contributed by atoms with Crippen molar-refractivity contribution in [1.29, 1.82) is 0 Å². The van der Waals surface area contributed by atoms with Crippen molar-refractivity contribution in [3.8, 4) is 11.6 Å². The number of rotatable bonds is 7. The molecule has 37 heavy (non-hydrogen) atoms. The highest BCUT2D eigenvalue weighted by molar-refractivity contribution is 8.16. The van der Waals surface area contributed by atoms with E-state index in [4.69, 9.17) is 21.1 Å². The van der Waals surface area contributed by atoms with Crippen molar-refractivity contribution in [2.24, 2.45) is 0 Å².